The molecular formula is C21H30N4O6S. The lowest BCUT2D eigenvalue weighted by Gasteiger charge is -2.42. The summed E-state index contributed by atoms with van der Waals surface area (Å²) in [5.41, 5.74) is 0. The molecule has 10 nitrogen and oxygen atoms in total. The van der Waals surface area contributed by atoms with Crippen molar-refractivity contribution in [2.24, 2.45) is 0 Å². The Balaban J connectivity index is 2.01. The van der Waals surface area contributed by atoms with Gasteiger partial charge in [0.1, 0.15) is 36.7 Å². The minimum absolute atomic E-state index is 0.00224. The monoisotopic (exact) mass is 466 g/mol. The zero-order chi connectivity index (χ0) is 23.4. The van der Waals surface area contributed by atoms with Crippen molar-refractivity contribution in [1.82, 2.24) is 19.7 Å². The molecule has 32 heavy (non-hydrogen) atoms. The number of amides is 1. The Bertz CT molecular complexity index is 965. The molecule has 2 heterocycles. The van der Waals surface area contributed by atoms with Crippen molar-refractivity contribution in [3.05, 3.63) is 40.9 Å². The van der Waals surface area contributed by atoms with Crippen molar-refractivity contribution < 1.29 is 29.6 Å². The number of aliphatic hydroxyl groups excluding tert-OH is 3. The third kappa shape index (κ3) is 5.02. The number of carbonyl (C=O) groups excluding carboxylic acids is 1. The molecule has 1 aromatic heterocycles. The summed E-state index contributed by atoms with van der Waals surface area (Å²) in [4.78, 5) is 11.8. The Hall–Kier alpha value is -2.31. The number of rotatable bonds is 8. The minimum atomic E-state index is -1.39. The average molecular weight is 467 g/mol. The van der Waals surface area contributed by atoms with E-state index in [4.69, 9.17) is 21.7 Å². The summed E-state index contributed by atoms with van der Waals surface area (Å²) < 4.78 is 15.3. The SMILES string of the molecule is CCC(C)n1c(COc2ccccc2)nn([C@@H]2O[C@H](CO)[C@@H](O)[C@H](O)[C@H]2NC(C)=O)c1=S. The lowest BCUT2D eigenvalue weighted by Crippen LogP contribution is -2.62. The largest absolute Gasteiger partial charge is 0.486 e. The number of aliphatic hydroxyl groups is 3. The highest BCUT2D eigenvalue weighted by Gasteiger charge is 2.46. The molecule has 1 unspecified atom stereocenters. The van der Waals surface area contributed by atoms with Crippen molar-refractivity contribution in [3.63, 3.8) is 0 Å². The summed E-state index contributed by atoms with van der Waals surface area (Å²) in [6, 6.07) is 8.26. The number of nitrogens with one attached hydrogen (secondary N) is 1. The van der Waals surface area contributed by atoms with E-state index in [9.17, 15) is 20.1 Å². The molecule has 1 aliphatic heterocycles. The molecule has 1 saturated heterocycles. The van der Waals surface area contributed by atoms with Crippen LogP contribution in [0.3, 0.4) is 0 Å². The second-order valence-electron chi connectivity index (χ2n) is 7.83. The summed E-state index contributed by atoms with van der Waals surface area (Å²) in [5, 5.41) is 37.7. The first kappa shape index (κ1) is 24.3. The number of para-hydroxylation sites is 1. The van der Waals surface area contributed by atoms with Gasteiger partial charge in [-0.1, -0.05) is 25.1 Å². The number of nitrogens with zero attached hydrogens (tertiary/aromatic N) is 3. The van der Waals surface area contributed by atoms with E-state index in [0.717, 1.165) is 6.42 Å². The van der Waals surface area contributed by atoms with Crippen LogP contribution in [0.4, 0.5) is 0 Å². The van der Waals surface area contributed by atoms with E-state index < -0.39 is 43.1 Å². The number of ether oxygens (including phenoxy) is 2. The fourth-order valence-corrected chi connectivity index (χ4v) is 4.12. The Kier molecular flexibility index (Phi) is 8.01. The fraction of sp³-hybridized carbons (Fsp3) is 0.571. The van der Waals surface area contributed by atoms with E-state index in [1.165, 1.54) is 11.6 Å². The predicted octanol–water partition coefficient (Wildman–Crippen LogP) is 1.08. The Morgan fingerprint density at radius 1 is 1.31 bits per heavy atom. The molecule has 176 valence electrons. The number of benzene rings is 1. The average Bonchev–Trinajstić information content (AvgIpc) is 3.11. The summed E-state index contributed by atoms with van der Waals surface area (Å²) in [7, 11) is 0. The Labute approximate surface area is 191 Å². The number of hydrogen-bond acceptors (Lipinski definition) is 8. The maximum atomic E-state index is 11.8. The molecule has 0 saturated carbocycles. The molecule has 0 bridgehead atoms. The van der Waals surface area contributed by atoms with Crippen LogP contribution in [0.15, 0.2) is 30.3 Å². The van der Waals surface area contributed by atoms with Crippen LogP contribution in [0.2, 0.25) is 0 Å². The van der Waals surface area contributed by atoms with Gasteiger partial charge in [0.15, 0.2) is 12.1 Å². The highest BCUT2D eigenvalue weighted by molar-refractivity contribution is 7.71. The van der Waals surface area contributed by atoms with Crippen LogP contribution in [0, 0.1) is 4.77 Å². The quantitative estimate of drug-likeness (QED) is 0.425. The van der Waals surface area contributed by atoms with Crippen LogP contribution in [-0.2, 0) is 16.1 Å². The highest BCUT2D eigenvalue weighted by atomic mass is 32.1. The molecule has 0 spiro atoms. The zero-order valence-corrected chi connectivity index (χ0v) is 19.1. The standard InChI is InChI=1S/C21H30N4O6S/c1-4-12(2)24-16(11-30-14-8-6-5-7-9-14)23-25(21(24)32)20-17(22-13(3)27)19(29)18(28)15(10-26)31-20/h5-9,12,15,17-20,26,28-29H,4,10-11H2,1-3H3,(H,22,27)/t12?,15-,17-,18-,19-,20-/m1/s1. The molecule has 11 heteroatoms. The van der Waals surface area contributed by atoms with Gasteiger partial charge < -0.3 is 30.1 Å². The van der Waals surface area contributed by atoms with Gasteiger partial charge in [0.25, 0.3) is 0 Å². The second kappa shape index (κ2) is 10.5. The summed E-state index contributed by atoms with van der Waals surface area (Å²) in [6.07, 6.45) is -4.11. The molecule has 1 fully saturated rings. The van der Waals surface area contributed by atoms with Gasteiger partial charge in [-0.05, 0) is 37.7 Å². The van der Waals surface area contributed by atoms with E-state index in [-0.39, 0.29) is 12.6 Å². The first-order valence-corrected chi connectivity index (χ1v) is 11.0. The predicted molar refractivity (Wildman–Crippen MR) is 117 cm³/mol. The van der Waals surface area contributed by atoms with Crippen molar-refractivity contribution in [1.29, 1.82) is 0 Å². The molecule has 1 amide bonds. The van der Waals surface area contributed by atoms with Crippen molar-refractivity contribution in [2.45, 2.75) is 70.4 Å². The van der Waals surface area contributed by atoms with E-state index in [2.05, 4.69) is 10.4 Å². The molecule has 0 aliphatic carbocycles. The lowest BCUT2D eigenvalue weighted by molar-refractivity contribution is -0.219. The lowest BCUT2D eigenvalue weighted by atomic mass is 9.96. The van der Waals surface area contributed by atoms with E-state index >= 15 is 0 Å². The molecular weight excluding hydrogens is 436 g/mol. The maximum absolute atomic E-state index is 11.8. The molecule has 4 N–H and O–H groups in total. The molecule has 3 rings (SSSR count). The van der Waals surface area contributed by atoms with Gasteiger partial charge in [-0.25, -0.2) is 4.68 Å². The van der Waals surface area contributed by atoms with Crippen molar-refractivity contribution in [2.75, 3.05) is 6.61 Å². The Morgan fingerprint density at radius 3 is 2.59 bits per heavy atom. The van der Waals surface area contributed by atoms with Gasteiger partial charge >= 0.3 is 0 Å². The third-order valence-corrected chi connectivity index (χ3v) is 5.94. The van der Waals surface area contributed by atoms with Crippen LogP contribution in [0.1, 0.15) is 45.3 Å². The van der Waals surface area contributed by atoms with Gasteiger partial charge in [0, 0.05) is 13.0 Å². The smallest absolute Gasteiger partial charge is 0.217 e. The molecule has 1 aliphatic rings. The van der Waals surface area contributed by atoms with Crippen LogP contribution < -0.4 is 10.1 Å². The van der Waals surface area contributed by atoms with Crippen LogP contribution >= 0.6 is 12.2 Å². The third-order valence-electron chi connectivity index (χ3n) is 5.56. The normalized spacial score (nSPS) is 26.5. The van der Waals surface area contributed by atoms with Crippen molar-refractivity contribution in [3.8, 4) is 5.75 Å². The molecule has 2 aromatic rings. The maximum Gasteiger partial charge on any atom is 0.217 e. The molecule has 0 radical (unpaired) electrons. The van der Waals surface area contributed by atoms with Gasteiger partial charge in [-0.15, -0.1) is 0 Å². The van der Waals surface area contributed by atoms with Gasteiger partial charge in [-0.3, -0.25) is 9.36 Å². The summed E-state index contributed by atoms with van der Waals surface area (Å²) in [6.45, 7) is 4.92. The summed E-state index contributed by atoms with van der Waals surface area (Å²) in [5.74, 6) is 0.796. The minimum Gasteiger partial charge on any atom is -0.486 e. The van der Waals surface area contributed by atoms with Gasteiger partial charge in [0.2, 0.25) is 10.7 Å². The summed E-state index contributed by atoms with van der Waals surface area (Å²) >= 11 is 5.69. The number of aromatic nitrogens is 3. The van der Waals surface area contributed by atoms with Gasteiger partial charge in [0.05, 0.1) is 6.61 Å². The van der Waals surface area contributed by atoms with E-state index in [1.807, 2.05) is 48.7 Å². The molecule has 6 atom stereocenters. The number of hydrogen-bond donors (Lipinski definition) is 4. The first-order valence-electron chi connectivity index (χ1n) is 10.6. The van der Waals surface area contributed by atoms with Crippen molar-refractivity contribution >= 4 is 18.1 Å². The van der Waals surface area contributed by atoms with Crippen LogP contribution in [0.5, 0.6) is 5.75 Å². The topological polar surface area (TPSA) is 131 Å². The van der Waals surface area contributed by atoms with Gasteiger partial charge in [-0.2, -0.15) is 5.10 Å². The van der Waals surface area contributed by atoms with E-state index in [1.54, 1.807) is 0 Å². The first-order chi connectivity index (χ1) is 15.3. The van der Waals surface area contributed by atoms with Crippen LogP contribution in [-0.4, -0.2) is 66.5 Å². The molecule has 1 aromatic carbocycles. The number of carbonyl (C=O) groups is 1. The van der Waals surface area contributed by atoms with Crippen LogP contribution in [0.25, 0.3) is 0 Å². The Morgan fingerprint density at radius 2 is 2.00 bits per heavy atom. The van der Waals surface area contributed by atoms with E-state index in [0.29, 0.717) is 16.3 Å². The highest BCUT2D eigenvalue weighted by Crippen LogP contribution is 2.30. The second-order valence-corrected chi connectivity index (χ2v) is 8.19. The zero-order valence-electron chi connectivity index (χ0n) is 18.3. The fourth-order valence-electron chi connectivity index (χ4n) is 3.69.